The minimum absolute atomic E-state index is 0.0358. The number of aryl methyl sites for hydroxylation is 2. The van der Waals surface area contributed by atoms with Crippen LogP contribution in [0.25, 0.3) is 0 Å². The van der Waals surface area contributed by atoms with Gasteiger partial charge >= 0.3 is 0 Å². The predicted molar refractivity (Wildman–Crippen MR) is 113 cm³/mol. The van der Waals surface area contributed by atoms with E-state index in [-0.39, 0.29) is 18.0 Å². The van der Waals surface area contributed by atoms with Gasteiger partial charge in [0.15, 0.2) is 0 Å². The second-order valence-electron chi connectivity index (χ2n) is 7.35. The van der Waals surface area contributed by atoms with Gasteiger partial charge in [0.2, 0.25) is 15.9 Å². The van der Waals surface area contributed by atoms with Crippen LogP contribution in [0.4, 0.5) is 5.69 Å². The number of rotatable bonds is 6. The Labute approximate surface area is 171 Å². The van der Waals surface area contributed by atoms with E-state index in [1.165, 1.54) is 11.3 Å². The Morgan fingerprint density at radius 3 is 2.57 bits per heavy atom. The molecular formula is C20H27N3O3S2. The second kappa shape index (κ2) is 8.73. The molecule has 1 atom stereocenters. The number of amides is 1. The third-order valence-corrected chi connectivity index (χ3v) is 8.11. The molecular weight excluding hydrogens is 394 g/mol. The number of hydrogen-bond donors (Lipinski definition) is 2. The zero-order valence-electron chi connectivity index (χ0n) is 16.4. The molecule has 2 N–H and O–H groups in total. The van der Waals surface area contributed by atoms with Gasteiger partial charge in [-0.05, 0) is 62.3 Å². The van der Waals surface area contributed by atoms with Gasteiger partial charge in [-0.25, -0.2) is 13.1 Å². The molecule has 28 heavy (non-hydrogen) atoms. The van der Waals surface area contributed by atoms with E-state index < -0.39 is 10.0 Å². The van der Waals surface area contributed by atoms with Gasteiger partial charge in [-0.1, -0.05) is 18.2 Å². The Kier molecular flexibility index (Phi) is 6.54. The van der Waals surface area contributed by atoms with Crippen molar-refractivity contribution in [2.45, 2.75) is 49.9 Å². The summed E-state index contributed by atoms with van der Waals surface area (Å²) in [6.45, 7) is 7.24. The Balaban J connectivity index is 1.54. The number of nitrogens with zero attached hydrogens (tertiary/aromatic N) is 1. The number of hydrogen-bond acceptors (Lipinski definition) is 5. The summed E-state index contributed by atoms with van der Waals surface area (Å²) in [5.41, 5.74) is 2.98. The number of nitrogens with one attached hydrogen (secondary N) is 2. The first-order valence-corrected chi connectivity index (χ1v) is 11.8. The minimum Gasteiger partial charge on any atom is -0.324 e. The molecule has 2 aromatic rings. The van der Waals surface area contributed by atoms with Crippen LogP contribution >= 0.6 is 11.3 Å². The Morgan fingerprint density at radius 2 is 1.93 bits per heavy atom. The average Bonchev–Trinajstić information content (AvgIpc) is 3.20. The fourth-order valence-electron chi connectivity index (χ4n) is 3.37. The summed E-state index contributed by atoms with van der Waals surface area (Å²) in [6, 6.07) is 8.98. The lowest BCUT2D eigenvalue weighted by Crippen LogP contribution is -2.50. The number of likely N-dealkylation sites (tertiary alicyclic amines) is 1. The number of piperidine rings is 1. The molecule has 6 nitrogen and oxygen atoms in total. The van der Waals surface area contributed by atoms with Crippen molar-refractivity contribution in [1.82, 2.24) is 9.62 Å². The van der Waals surface area contributed by atoms with E-state index in [0.717, 1.165) is 16.8 Å². The molecule has 0 spiro atoms. The standard InChI is InChI=1S/C20H27N3O3S2/c1-14-6-7-15(2)18(13-14)21-20(24)16(3)23-10-8-17(9-11-23)22-28(25,26)19-5-4-12-27-19/h4-7,12-13,16-17,22H,8-11H2,1-3H3,(H,21,24)/t16-/m1/s1. The molecule has 1 aliphatic heterocycles. The monoisotopic (exact) mass is 421 g/mol. The van der Waals surface area contributed by atoms with Gasteiger partial charge < -0.3 is 5.32 Å². The van der Waals surface area contributed by atoms with Crippen LogP contribution < -0.4 is 10.0 Å². The first-order chi connectivity index (χ1) is 13.3. The Hall–Kier alpha value is -1.74. The van der Waals surface area contributed by atoms with Gasteiger partial charge in [0.25, 0.3) is 0 Å². The average molecular weight is 422 g/mol. The number of benzene rings is 1. The summed E-state index contributed by atoms with van der Waals surface area (Å²) in [4.78, 5) is 14.8. The van der Waals surface area contributed by atoms with Crippen LogP contribution in [0.1, 0.15) is 30.9 Å². The molecule has 1 aromatic carbocycles. The van der Waals surface area contributed by atoms with E-state index in [0.29, 0.717) is 30.1 Å². The fraction of sp³-hybridized carbons (Fsp3) is 0.450. The molecule has 1 amide bonds. The highest BCUT2D eigenvalue weighted by Gasteiger charge is 2.29. The molecule has 152 valence electrons. The summed E-state index contributed by atoms with van der Waals surface area (Å²) < 4.78 is 27.9. The van der Waals surface area contributed by atoms with Gasteiger partial charge in [-0.2, -0.15) is 0 Å². The van der Waals surface area contributed by atoms with Crippen LogP contribution in [0.2, 0.25) is 0 Å². The fourth-order valence-corrected chi connectivity index (χ4v) is 5.69. The lowest BCUT2D eigenvalue weighted by atomic mass is 10.0. The molecule has 1 fully saturated rings. The van der Waals surface area contributed by atoms with Gasteiger partial charge in [0.1, 0.15) is 4.21 Å². The third-order valence-electron chi connectivity index (χ3n) is 5.19. The third kappa shape index (κ3) is 5.00. The highest BCUT2D eigenvalue weighted by Crippen LogP contribution is 2.21. The second-order valence-corrected chi connectivity index (χ2v) is 10.2. The van der Waals surface area contributed by atoms with Crippen LogP contribution in [0.15, 0.2) is 39.9 Å². The maximum absolute atomic E-state index is 12.7. The van der Waals surface area contributed by atoms with E-state index in [4.69, 9.17) is 0 Å². The van der Waals surface area contributed by atoms with Crippen molar-refractivity contribution in [3.05, 3.63) is 46.8 Å². The van der Waals surface area contributed by atoms with Crippen molar-refractivity contribution in [2.24, 2.45) is 0 Å². The molecule has 1 saturated heterocycles. The van der Waals surface area contributed by atoms with Crippen LogP contribution in [0.5, 0.6) is 0 Å². The molecule has 0 aliphatic carbocycles. The normalized spacial score (nSPS) is 17.4. The minimum atomic E-state index is -3.45. The summed E-state index contributed by atoms with van der Waals surface area (Å²) in [5.74, 6) is -0.0358. The SMILES string of the molecule is Cc1ccc(C)c(NC(=O)[C@@H](C)N2CCC(NS(=O)(=O)c3cccs3)CC2)c1. The first kappa shape index (κ1) is 21.0. The highest BCUT2D eigenvalue weighted by molar-refractivity contribution is 7.91. The molecule has 1 aromatic heterocycles. The highest BCUT2D eigenvalue weighted by atomic mass is 32.2. The van der Waals surface area contributed by atoms with E-state index in [2.05, 4.69) is 14.9 Å². The van der Waals surface area contributed by atoms with Crippen molar-refractivity contribution in [3.8, 4) is 0 Å². The summed E-state index contributed by atoms with van der Waals surface area (Å²) in [5, 5.41) is 4.78. The molecule has 2 heterocycles. The zero-order valence-corrected chi connectivity index (χ0v) is 18.1. The predicted octanol–water partition coefficient (Wildman–Crippen LogP) is 3.13. The maximum atomic E-state index is 12.7. The summed E-state index contributed by atoms with van der Waals surface area (Å²) in [7, 11) is -3.45. The van der Waals surface area contributed by atoms with Crippen molar-refractivity contribution in [3.63, 3.8) is 0 Å². The van der Waals surface area contributed by atoms with Crippen LogP contribution in [0, 0.1) is 13.8 Å². The van der Waals surface area contributed by atoms with Crippen LogP contribution in [-0.2, 0) is 14.8 Å². The molecule has 8 heteroatoms. The molecule has 0 radical (unpaired) electrons. The lowest BCUT2D eigenvalue weighted by molar-refractivity contribution is -0.121. The smallest absolute Gasteiger partial charge is 0.250 e. The summed E-state index contributed by atoms with van der Waals surface area (Å²) >= 11 is 1.22. The quantitative estimate of drug-likeness (QED) is 0.751. The first-order valence-electron chi connectivity index (χ1n) is 9.44. The largest absolute Gasteiger partial charge is 0.324 e. The topological polar surface area (TPSA) is 78.5 Å². The summed E-state index contributed by atoms with van der Waals surface area (Å²) in [6.07, 6.45) is 1.37. The van der Waals surface area contributed by atoms with Crippen molar-refractivity contribution in [2.75, 3.05) is 18.4 Å². The lowest BCUT2D eigenvalue weighted by Gasteiger charge is -2.35. The van der Waals surface area contributed by atoms with Crippen LogP contribution in [0.3, 0.4) is 0 Å². The van der Waals surface area contributed by atoms with Crippen molar-refractivity contribution < 1.29 is 13.2 Å². The van der Waals surface area contributed by atoms with Gasteiger partial charge in [0, 0.05) is 24.8 Å². The van der Waals surface area contributed by atoms with Gasteiger partial charge in [-0.15, -0.1) is 11.3 Å². The molecule has 0 unspecified atom stereocenters. The maximum Gasteiger partial charge on any atom is 0.250 e. The van der Waals surface area contributed by atoms with E-state index in [9.17, 15) is 13.2 Å². The number of carbonyl (C=O) groups is 1. The zero-order chi connectivity index (χ0) is 20.3. The van der Waals surface area contributed by atoms with E-state index in [1.807, 2.05) is 39.0 Å². The molecule has 0 saturated carbocycles. The number of carbonyl (C=O) groups excluding carboxylic acids is 1. The number of anilines is 1. The van der Waals surface area contributed by atoms with Gasteiger partial charge in [0.05, 0.1) is 6.04 Å². The van der Waals surface area contributed by atoms with Gasteiger partial charge in [-0.3, -0.25) is 9.69 Å². The molecule has 3 rings (SSSR count). The van der Waals surface area contributed by atoms with E-state index in [1.54, 1.807) is 17.5 Å². The van der Waals surface area contributed by atoms with E-state index >= 15 is 0 Å². The molecule has 1 aliphatic rings. The van der Waals surface area contributed by atoms with Crippen LogP contribution in [-0.4, -0.2) is 44.4 Å². The van der Waals surface area contributed by atoms with Crippen molar-refractivity contribution >= 4 is 33.0 Å². The number of sulfonamides is 1. The molecule has 0 bridgehead atoms. The number of thiophene rings is 1. The Bertz CT molecular complexity index is 918. The Morgan fingerprint density at radius 1 is 1.21 bits per heavy atom. The van der Waals surface area contributed by atoms with Crippen molar-refractivity contribution in [1.29, 1.82) is 0 Å².